The molecule has 10 nitrogen and oxygen atoms in total. The van der Waals surface area contributed by atoms with Crippen molar-refractivity contribution < 1.29 is 5.11 Å². The molecule has 0 radical (unpaired) electrons. The molecule has 0 spiro atoms. The molecule has 3 aromatic heterocycles. The molecule has 3 heterocycles. The van der Waals surface area contributed by atoms with Crippen molar-refractivity contribution in [2.24, 2.45) is 14.1 Å². The molecule has 0 bridgehead atoms. The Kier molecular flexibility index (Phi) is 3.55. The summed E-state index contributed by atoms with van der Waals surface area (Å²) in [5, 5.41) is 17.2. The summed E-state index contributed by atoms with van der Waals surface area (Å²) in [6.45, 7) is -0.0281. The highest BCUT2D eigenvalue weighted by Gasteiger charge is 2.15. The molecule has 0 atom stereocenters. The van der Waals surface area contributed by atoms with E-state index in [0.717, 1.165) is 15.7 Å². The Morgan fingerprint density at radius 1 is 1.12 bits per heavy atom. The monoisotopic (exact) mass is 353 g/mol. The zero-order chi connectivity index (χ0) is 18.4. The van der Waals surface area contributed by atoms with Crippen molar-refractivity contribution in [1.82, 2.24) is 34.1 Å². The third kappa shape index (κ3) is 2.35. The molecule has 4 aromatic rings. The van der Waals surface area contributed by atoms with Gasteiger partial charge in [0.15, 0.2) is 11.2 Å². The second kappa shape index (κ2) is 5.77. The van der Waals surface area contributed by atoms with Crippen LogP contribution in [0.15, 0.2) is 40.1 Å². The highest BCUT2D eigenvalue weighted by atomic mass is 16.3. The first-order chi connectivity index (χ1) is 12.5. The van der Waals surface area contributed by atoms with E-state index in [1.54, 1.807) is 25.4 Å². The lowest BCUT2D eigenvalue weighted by molar-refractivity contribution is 0.282. The number of aromatic nitrogens is 7. The summed E-state index contributed by atoms with van der Waals surface area (Å²) in [7, 11) is 2.96. The third-order valence-electron chi connectivity index (χ3n) is 4.22. The van der Waals surface area contributed by atoms with E-state index in [4.69, 9.17) is 5.11 Å². The van der Waals surface area contributed by atoms with Crippen LogP contribution in [-0.4, -0.2) is 39.2 Å². The van der Waals surface area contributed by atoms with Crippen LogP contribution in [0.3, 0.4) is 0 Å². The Morgan fingerprint density at radius 3 is 2.54 bits per heavy atom. The normalized spacial score (nSPS) is 11.3. The van der Waals surface area contributed by atoms with E-state index >= 15 is 0 Å². The van der Waals surface area contributed by atoms with Gasteiger partial charge in [-0.1, -0.05) is 29.5 Å². The number of imidazole rings is 1. The maximum absolute atomic E-state index is 12.2. The lowest BCUT2D eigenvalue weighted by Crippen LogP contribution is -2.36. The summed E-state index contributed by atoms with van der Waals surface area (Å²) in [5.74, 6) is 0.282. The number of nitrogens with zero attached hydrogens (tertiary/aromatic N) is 6. The first-order valence-electron chi connectivity index (χ1n) is 7.78. The van der Waals surface area contributed by atoms with Gasteiger partial charge in [-0.3, -0.25) is 13.9 Å². The average molecular weight is 353 g/mol. The topological polar surface area (TPSA) is 124 Å². The number of fused-ring (bicyclic) bond motifs is 1. The molecule has 0 aliphatic rings. The number of H-pyrrole nitrogens is 1. The van der Waals surface area contributed by atoms with Crippen molar-refractivity contribution in [3.63, 3.8) is 0 Å². The molecule has 132 valence electrons. The van der Waals surface area contributed by atoms with Crippen LogP contribution in [0.4, 0.5) is 0 Å². The molecule has 0 fully saturated rings. The van der Waals surface area contributed by atoms with Gasteiger partial charge >= 0.3 is 5.69 Å². The van der Waals surface area contributed by atoms with Gasteiger partial charge in [0.25, 0.3) is 5.56 Å². The molecule has 26 heavy (non-hydrogen) atoms. The number of hydrogen-bond donors (Lipinski definition) is 2. The van der Waals surface area contributed by atoms with Crippen molar-refractivity contribution >= 4 is 11.2 Å². The minimum absolute atomic E-state index is 0.0281. The fourth-order valence-electron chi connectivity index (χ4n) is 2.70. The van der Waals surface area contributed by atoms with Crippen LogP contribution in [0.2, 0.25) is 0 Å². The van der Waals surface area contributed by atoms with E-state index in [2.05, 4.69) is 20.3 Å². The summed E-state index contributed by atoms with van der Waals surface area (Å²) < 4.78 is 3.71. The van der Waals surface area contributed by atoms with E-state index < -0.39 is 11.2 Å². The van der Waals surface area contributed by atoms with Crippen molar-refractivity contribution in [2.45, 2.75) is 6.61 Å². The largest absolute Gasteiger partial charge is 0.392 e. The smallest absolute Gasteiger partial charge is 0.332 e. The predicted octanol–water partition coefficient (Wildman–Crippen LogP) is -0.300. The van der Waals surface area contributed by atoms with E-state index in [9.17, 15) is 9.59 Å². The number of aliphatic hydroxyl groups is 1. The number of rotatable bonds is 3. The third-order valence-corrected chi connectivity index (χ3v) is 4.22. The van der Waals surface area contributed by atoms with E-state index in [0.29, 0.717) is 5.69 Å². The molecule has 0 amide bonds. The molecule has 0 aliphatic heterocycles. The van der Waals surface area contributed by atoms with Gasteiger partial charge in [-0.15, -0.1) is 5.10 Å². The lowest BCUT2D eigenvalue weighted by atomic mass is 10.1. The fraction of sp³-hybridized carbons (Fsp3) is 0.188. The number of aryl methyl sites for hydroxylation is 1. The minimum Gasteiger partial charge on any atom is -0.392 e. The maximum atomic E-state index is 12.2. The molecule has 10 heteroatoms. The highest BCUT2D eigenvalue weighted by Crippen LogP contribution is 2.18. The zero-order valence-electron chi connectivity index (χ0n) is 14.0. The molecule has 0 aliphatic carbocycles. The van der Waals surface area contributed by atoms with Crippen molar-refractivity contribution in [1.29, 1.82) is 0 Å². The van der Waals surface area contributed by atoms with Gasteiger partial charge in [-0.05, 0) is 5.56 Å². The average Bonchev–Trinajstić information content (AvgIpc) is 3.32. The Hall–Kier alpha value is -3.53. The Morgan fingerprint density at radius 2 is 1.85 bits per heavy atom. The van der Waals surface area contributed by atoms with Crippen molar-refractivity contribution in [2.75, 3.05) is 0 Å². The molecular weight excluding hydrogens is 338 g/mol. The second-order valence-corrected chi connectivity index (χ2v) is 5.87. The van der Waals surface area contributed by atoms with Gasteiger partial charge in [-0.2, -0.15) is 9.67 Å². The number of aliphatic hydroxyl groups excluding tert-OH is 1. The summed E-state index contributed by atoms with van der Waals surface area (Å²) in [5.41, 5.74) is 1.79. The quantitative estimate of drug-likeness (QED) is 0.521. The van der Waals surface area contributed by atoms with Gasteiger partial charge in [0, 0.05) is 19.7 Å². The van der Waals surface area contributed by atoms with E-state index in [1.807, 2.05) is 12.1 Å². The van der Waals surface area contributed by atoms with Gasteiger partial charge in [-0.25, -0.2) is 4.79 Å². The first-order valence-corrected chi connectivity index (χ1v) is 7.78. The van der Waals surface area contributed by atoms with Gasteiger partial charge in [0.2, 0.25) is 5.95 Å². The minimum atomic E-state index is -0.457. The van der Waals surface area contributed by atoms with Crippen LogP contribution < -0.4 is 11.2 Å². The second-order valence-electron chi connectivity index (χ2n) is 5.87. The van der Waals surface area contributed by atoms with Crippen LogP contribution in [-0.2, 0) is 20.7 Å². The van der Waals surface area contributed by atoms with Crippen molar-refractivity contribution in [3.8, 4) is 17.2 Å². The summed E-state index contributed by atoms with van der Waals surface area (Å²) in [6.07, 6.45) is 1.66. The van der Waals surface area contributed by atoms with Crippen LogP contribution in [0.5, 0.6) is 0 Å². The number of nitrogens with one attached hydrogen (secondary N) is 1. The molecule has 1 aromatic carbocycles. The molecular formula is C16H15N7O3. The Labute approximate surface area is 146 Å². The number of hydrogen-bond acceptors (Lipinski definition) is 6. The molecule has 0 saturated carbocycles. The van der Waals surface area contributed by atoms with E-state index in [-0.39, 0.29) is 23.7 Å². The summed E-state index contributed by atoms with van der Waals surface area (Å²) >= 11 is 0. The highest BCUT2D eigenvalue weighted by molar-refractivity contribution is 5.71. The molecule has 4 rings (SSSR count). The van der Waals surface area contributed by atoms with Gasteiger partial charge in [0.1, 0.15) is 5.69 Å². The summed E-state index contributed by atoms with van der Waals surface area (Å²) in [6, 6.07) is 7.26. The molecule has 0 saturated heterocycles. The first kappa shape index (κ1) is 16.0. The maximum Gasteiger partial charge on any atom is 0.332 e. The van der Waals surface area contributed by atoms with E-state index in [1.165, 1.54) is 16.3 Å². The van der Waals surface area contributed by atoms with Crippen LogP contribution in [0.1, 0.15) is 5.56 Å². The fourth-order valence-corrected chi connectivity index (χ4v) is 2.70. The SMILES string of the molecule is Cn1c(=O)c2[nH]c(-n3cc(-c4ccc(CO)cc4)nn3)nc2n(C)c1=O. The molecule has 0 unspecified atom stereocenters. The standard InChI is InChI=1S/C16H15N7O3/c1-21-13-12(14(25)22(2)16(21)26)17-15(18-13)23-7-11(19-20-23)10-5-3-9(8-24)4-6-10/h3-7,24H,8H2,1-2H3,(H,17,18). The predicted molar refractivity (Wildman–Crippen MR) is 92.9 cm³/mol. The number of aromatic amines is 1. The summed E-state index contributed by atoms with van der Waals surface area (Å²) in [4.78, 5) is 31.5. The molecule has 2 N–H and O–H groups in total. The van der Waals surface area contributed by atoms with Crippen LogP contribution in [0.25, 0.3) is 28.4 Å². The van der Waals surface area contributed by atoms with Gasteiger partial charge in [0.05, 0.1) is 12.8 Å². The zero-order valence-corrected chi connectivity index (χ0v) is 14.0. The Balaban J connectivity index is 1.80. The number of benzene rings is 1. The van der Waals surface area contributed by atoms with Crippen molar-refractivity contribution in [3.05, 3.63) is 56.9 Å². The van der Waals surface area contributed by atoms with Crippen LogP contribution in [0, 0.1) is 0 Å². The van der Waals surface area contributed by atoms with Crippen LogP contribution >= 0.6 is 0 Å². The Bertz CT molecular complexity index is 1230. The van der Waals surface area contributed by atoms with Gasteiger partial charge < -0.3 is 10.1 Å². The lowest BCUT2D eigenvalue weighted by Gasteiger charge is -2.00.